The van der Waals surface area contributed by atoms with Crippen molar-refractivity contribution < 1.29 is 9.53 Å². The first-order chi connectivity index (χ1) is 10.7. The van der Waals surface area contributed by atoms with Crippen LogP contribution in [-0.4, -0.2) is 17.7 Å². The van der Waals surface area contributed by atoms with E-state index in [2.05, 4.69) is 43.5 Å². The molecule has 1 rings (SSSR count). The maximum absolute atomic E-state index is 11.6. The molecule has 0 heterocycles. The van der Waals surface area contributed by atoms with E-state index in [4.69, 9.17) is 4.74 Å². The minimum absolute atomic E-state index is 0.384. The van der Waals surface area contributed by atoms with E-state index in [1.807, 2.05) is 32.9 Å². The smallest absolute Gasteiger partial charge is 0.407 e. The zero-order valence-corrected chi connectivity index (χ0v) is 15.4. The number of carbonyl (C=O) groups is 1. The molecule has 2 N–H and O–H groups in total. The van der Waals surface area contributed by atoms with Gasteiger partial charge in [-0.2, -0.15) is 0 Å². The Balaban J connectivity index is 2.40. The molecule has 0 aromatic heterocycles. The van der Waals surface area contributed by atoms with Crippen molar-refractivity contribution in [1.29, 1.82) is 0 Å². The molecule has 23 heavy (non-hydrogen) atoms. The van der Waals surface area contributed by atoms with Crippen molar-refractivity contribution in [2.24, 2.45) is 5.92 Å². The van der Waals surface area contributed by atoms with Gasteiger partial charge in [0, 0.05) is 19.1 Å². The molecule has 130 valence electrons. The van der Waals surface area contributed by atoms with Gasteiger partial charge < -0.3 is 15.4 Å². The highest BCUT2D eigenvalue weighted by molar-refractivity contribution is 5.67. The number of nitrogens with one attached hydrogen (secondary N) is 2. The van der Waals surface area contributed by atoms with E-state index in [0.717, 1.165) is 12.1 Å². The van der Waals surface area contributed by atoms with Crippen LogP contribution in [0.25, 0.3) is 0 Å². The summed E-state index contributed by atoms with van der Waals surface area (Å²) in [6.45, 7) is 13.6. The highest BCUT2D eigenvalue weighted by Crippen LogP contribution is 2.10. The number of amides is 1. The molecular weight excluding hydrogens is 288 g/mol. The Labute approximate surface area is 141 Å². The molecule has 1 amide bonds. The fraction of sp³-hybridized carbons (Fsp3) is 0.632. The number of alkyl carbamates (subject to hydrolysis) is 1. The summed E-state index contributed by atoms with van der Waals surface area (Å²) in [6.07, 6.45) is 0.800. The van der Waals surface area contributed by atoms with Crippen LogP contribution in [0.2, 0.25) is 0 Å². The average Bonchev–Trinajstić information content (AvgIpc) is 2.49. The maximum atomic E-state index is 11.6. The summed E-state index contributed by atoms with van der Waals surface area (Å²) in [5.74, 6) is 0.673. The zero-order chi connectivity index (χ0) is 17.5. The Morgan fingerprint density at radius 2 is 1.61 bits per heavy atom. The van der Waals surface area contributed by atoms with E-state index in [-0.39, 0.29) is 6.09 Å². The molecule has 2 unspecified atom stereocenters. The molecule has 0 bridgehead atoms. The second-order valence-electron chi connectivity index (χ2n) is 7.23. The van der Waals surface area contributed by atoms with Crippen LogP contribution in [0.3, 0.4) is 0 Å². The lowest BCUT2D eigenvalue weighted by molar-refractivity contribution is 0.0523. The minimum Gasteiger partial charge on any atom is -0.444 e. The topological polar surface area (TPSA) is 50.4 Å². The molecule has 0 spiro atoms. The molecule has 1 aromatic carbocycles. The Bertz CT molecular complexity index is 477. The molecule has 0 aliphatic heterocycles. The summed E-state index contributed by atoms with van der Waals surface area (Å²) in [6, 6.07) is 8.80. The van der Waals surface area contributed by atoms with Crippen LogP contribution in [0.4, 0.5) is 4.79 Å². The molecule has 1 aromatic rings. The summed E-state index contributed by atoms with van der Waals surface area (Å²) in [5.41, 5.74) is 1.85. The van der Waals surface area contributed by atoms with Crippen LogP contribution in [0, 0.1) is 5.92 Å². The molecule has 4 nitrogen and oxygen atoms in total. The maximum Gasteiger partial charge on any atom is 0.407 e. The normalized spacial score (nSPS) is 14.2. The second-order valence-corrected chi connectivity index (χ2v) is 7.23. The largest absolute Gasteiger partial charge is 0.444 e. The summed E-state index contributed by atoms with van der Waals surface area (Å²) < 4.78 is 5.22. The van der Waals surface area contributed by atoms with Crippen LogP contribution in [0.5, 0.6) is 0 Å². The van der Waals surface area contributed by atoms with Gasteiger partial charge in [-0.15, -0.1) is 0 Å². The van der Waals surface area contributed by atoms with E-state index >= 15 is 0 Å². The number of carbonyl (C=O) groups excluding carboxylic acids is 1. The van der Waals surface area contributed by atoms with Gasteiger partial charge in [0.1, 0.15) is 5.60 Å². The Hall–Kier alpha value is -1.55. The van der Waals surface area contributed by atoms with E-state index in [0.29, 0.717) is 18.5 Å². The number of benzene rings is 1. The van der Waals surface area contributed by atoms with Gasteiger partial charge in [-0.05, 0) is 44.7 Å². The lowest BCUT2D eigenvalue weighted by atomic mass is 10.0. The van der Waals surface area contributed by atoms with Crippen molar-refractivity contribution in [2.75, 3.05) is 0 Å². The van der Waals surface area contributed by atoms with Crippen LogP contribution in [0.15, 0.2) is 24.3 Å². The third-order valence-electron chi connectivity index (χ3n) is 3.98. The lowest BCUT2D eigenvalue weighted by Crippen LogP contribution is -2.32. The summed E-state index contributed by atoms with van der Waals surface area (Å²) in [7, 11) is 0. The first-order valence-electron chi connectivity index (χ1n) is 8.49. The predicted molar refractivity (Wildman–Crippen MR) is 95.3 cm³/mol. The van der Waals surface area contributed by atoms with Gasteiger partial charge in [0.2, 0.25) is 0 Å². The van der Waals surface area contributed by atoms with Crippen molar-refractivity contribution >= 4 is 6.09 Å². The average molecular weight is 320 g/mol. The minimum atomic E-state index is -0.466. The third-order valence-corrected chi connectivity index (χ3v) is 3.98. The van der Waals surface area contributed by atoms with Crippen molar-refractivity contribution in [3.05, 3.63) is 35.4 Å². The highest BCUT2D eigenvalue weighted by atomic mass is 16.6. The number of hydrogen-bond donors (Lipinski definition) is 2. The van der Waals surface area contributed by atoms with Gasteiger partial charge in [0.05, 0.1) is 0 Å². The van der Waals surface area contributed by atoms with Crippen molar-refractivity contribution in [3.8, 4) is 0 Å². The number of rotatable bonds is 7. The monoisotopic (exact) mass is 320 g/mol. The van der Waals surface area contributed by atoms with Crippen molar-refractivity contribution in [1.82, 2.24) is 10.6 Å². The second kappa shape index (κ2) is 8.92. The molecule has 0 saturated carbocycles. The van der Waals surface area contributed by atoms with E-state index in [1.165, 1.54) is 12.0 Å². The van der Waals surface area contributed by atoms with E-state index in [9.17, 15) is 4.79 Å². The van der Waals surface area contributed by atoms with Crippen LogP contribution < -0.4 is 10.6 Å². The Morgan fingerprint density at radius 1 is 1.09 bits per heavy atom. The fourth-order valence-corrected chi connectivity index (χ4v) is 2.10. The molecule has 0 aliphatic carbocycles. The zero-order valence-electron chi connectivity index (χ0n) is 15.4. The van der Waals surface area contributed by atoms with Gasteiger partial charge in [0.25, 0.3) is 0 Å². The van der Waals surface area contributed by atoms with Gasteiger partial charge in [-0.1, -0.05) is 44.5 Å². The van der Waals surface area contributed by atoms with Crippen LogP contribution >= 0.6 is 0 Å². The number of hydrogen-bond acceptors (Lipinski definition) is 3. The predicted octanol–water partition coefficient (Wildman–Crippen LogP) is 4.24. The standard InChI is InChI=1S/C19H32N2O2/c1-7-14(2)15(3)20-12-16-8-10-17(11-9-16)13-21-18(22)23-19(4,5)6/h8-11,14-15,20H,7,12-13H2,1-6H3,(H,21,22). The molecule has 4 heteroatoms. The van der Waals surface area contributed by atoms with Crippen LogP contribution in [0.1, 0.15) is 59.1 Å². The van der Waals surface area contributed by atoms with Gasteiger partial charge in [0.15, 0.2) is 0 Å². The van der Waals surface area contributed by atoms with Gasteiger partial charge in [-0.25, -0.2) is 4.79 Å². The van der Waals surface area contributed by atoms with Crippen LogP contribution in [-0.2, 0) is 17.8 Å². The molecule has 0 radical (unpaired) electrons. The molecule has 0 aliphatic rings. The van der Waals surface area contributed by atoms with E-state index in [1.54, 1.807) is 0 Å². The lowest BCUT2D eigenvalue weighted by Gasteiger charge is -2.20. The molecular formula is C19H32N2O2. The van der Waals surface area contributed by atoms with Gasteiger partial charge in [-0.3, -0.25) is 0 Å². The summed E-state index contributed by atoms with van der Waals surface area (Å²) in [5, 5.41) is 6.33. The first-order valence-corrected chi connectivity index (χ1v) is 8.49. The Morgan fingerprint density at radius 3 is 2.09 bits per heavy atom. The van der Waals surface area contributed by atoms with Crippen molar-refractivity contribution in [3.63, 3.8) is 0 Å². The fourth-order valence-electron chi connectivity index (χ4n) is 2.10. The third kappa shape index (κ3) is 8.03. The van der Waals surface area contributed by atoms with E-state index < -0.39 is 5.60 Å². The number of ether oxygens (including phenoxy) is 1. The Kier molecular flexibility index (Phi) is 7.56. The molecule has 2 atom stereocenters. The quantitative estimate of drug-likeness (QED) is 0.790. The molecule has 0 fully saturated rings. The summed E-state index contributed by atoms with van der Waals surface area (Å²) >= 11 is 0. The molecule has 0 saturated heterocycles. The summed E-state index contributed by atoms with van der Waals surface area (Å²) in [4.78, 5) is 11.6. The van der Waals surface area contributed by atoms with Crippen molar-refractivity contribution in [2.45, 2.75) is 72.7 Å². The highest BCUT2D eigenvalue weighted by Gasteiger charge is 2.15. The SMILES string of the molecule is CCC(C)C(C)NCc1ccc(CNC(=O)OC(C)(C)C)cc1. The van der Waals surface area contributed by atoms with Gasteiger partial charge >= 0.3 is 6.09 Å². The first kappa shape index (κ1) is 19.5.